The van der Waals surface area contributed by atoms with E-state index in [9.17, 15) is 9.18 Å². The molecule has 0 aliphatic heterocycles. The zero-order valence-corrected chi connectivity index (χ0v) is 15.7. The van der Waals surface area contributed by atoms with Crippen molar-refractivity contribution in [3.05, 3.63) is 53.6 Å². The molecule has 0 fully saturated rings. The summed E-state index contributed by atoms with van der Waals surface area (Å²) in [6, 6.07) is 9.25. The number of amides is 1. The molecule has 0 bridgehead atoms. The molecule has 0 aliphatic carbocycles. The number of aryl methyl sites for hydroxylation is 2. The van der Waals surface area contributed by atoms with Gasteiger partial charge < -0.3 is 15.2 Å². The molecule has 28 heavy (non-hydrogen) atoms. The van der Waals surface area contributed by atoms with Crippen molar-refractivity contribution in [2.24, 2.45) is 0 Å². The fourth-order valence-electron chi connectivity index (χ4n) is 2.63. The number of aliphatic hydroxyl groups is 1. The van der Waals surface area contributed by atoms with Crippen LogP contribution >= 0.6 is 0 Å². The first-order valence-electron chi connectivity index (χ1n) is 8.63. The molecule has 3 aromatic rings. The van der Waals surface area contributed by atoms with Gasteiger partial charge in [-0.1, -0.05) is 12.1 Å². The van der Waals surface area contributed by atoms with E-state index in [4.69, 9.17) is 9.84 Å². The van der Waals surface area contributed by atoms with Gasteiger partial charge in [-0.15, -0.1) is 5.10 Å². The zero-order valence-electron chi connectivity index (χ0n) is 15.7. The minimum Gasteiger partial charge on any atom is -0.410 e. The van der Waals surface area contributed by atoms with Crippen LogP contribution in [0.1, 0.15) is 18.3 Å². The predicted octanol–water partition coefficient (Wildman–Crippen LogP) is 2.55. The molecule has 0 aliphatic rings. The number of halogens is 1. The molecule has 146 valence electrons. The van der Waals surface area contributed by atoms with Crippen molar-refractivity contribution < 1.29 is 19.0 Å². The van der Waals surface area contributed by atoms with E-state index in [1.54, 1.807) is 51.1 Å². The monoisotopic (exact) mass is 385 g/mol. The van der Waals surface area contributed by atoms with E-state index in [0.29, 0.717) is 22.6 Å². The first-order chi connectivity index (χ1) is 13.4. The highest BCUT2D eigenvalue weighted by Crippen LogP contribution is 2.30. The van der Waals surface area contributed by atoms with Crippen LogP contribution in [0.5, 0.6) is 5.75 Å². The number of benzene rings is 2. The number of hydrogen-bond acceptors (Lipinski definition) is 6. The summed E-state index contributed by atoms with van der Waals surface area (Å²) >= 11 is 0. The van der Waals surface area contributed by atoms with Crippen LogP contribution in [0, 0.1) is 19.7 Å². The van der Waals surface area contributed by atoms with Gasteiger partial charge in [-0.2, -0.15) is 4.68 Å². The van der Waals surface area contributed by atoms with Crippen molar-refractivity contribution in [1.82, 2.24) is 25.5 Å². The topological polar surface area (TPSA) is 102 Å². The van der Waals surface area contributed by atoms with Gasteiger partial charge in [-0.25, -0.2) is 9.18 Å². The van der Waals surface area contributed by atoms with Crippen LogP contribution in [0.3, 0.4) is 0 Å². The molecule has 1 heterocycles. The largest absolute Gasteiger partial charge is 0.412 e. The Kier molecular flexibility index (Phi) is 5.65. The minimum atomic E-state index is -0.734. The number of hydrogen-bond donors (Lipinski definition) is 2. The third-order valence-electron chi connectivity index (χ3n) is 4.05. The molecule has 1 unspecified atom stereocenters. The second kappa shape index (κ2) is 8.13. The normalized spacial score (nSPS) is 11.9. The maximum Gasteiger partial charge on any atom is 0.412 e. The van der Waals surface area contributed by atoms with E-state index in [2.05, 4.69) is 20.8 Å². The van der Waals surface area contributed by atoms with Crippen LogP contribution in [-0.2, 0) is 0 Å². The Morgan fingerprint density at radius 3 is 2.71 bits per heavy atom. The molecule has 0 saturated carbocycles. The van der Waals surface area contributed by atoms with E-state index >= 15 is 0 Å². The summed E-state index contributed by atoms with van der Waals surface area (Å²) in [6.45, 7) is 4.93. The van der Waals surface area contributed by atoms with E-state index < -0.39 is 18.0 Å². The second-order valence-electron chi connectivity index (χ2n) is 6.45. The van der Waals surface area contributed by atoms with E-state index in [0.717, 1.165) is 5.56 Å². The predicted molar refractivity (Wildman–Crippen MR) is 99.7 cm³/mol. The summed E-state index contributed by atoms with van der Waals surface area (Å²) in [5.41, 5.74) is 2.16. The van der Waals surface area contributed by atoms with Crippen molar-refractivity contribution in [2.45, 2.75) is 26.8 Å². The fourth-order valence-corrected chi connectivity index (χ4v) is 2.63. The fraction of sp³-hybridized carbons (Fsp3) is 0.263. The quantitative estimate of drug-likeness (QED) is 0.700. The van der Waals surface area contributed by atoms with Crippen molar-refractivity contribution in [2.75, 3.05) is 6.61 Å². The molecule has 1 amide bonds. The standard InChI is InChI=1S/C19H20FN5O3/c1-11-4-5-17(18(20)6-11)14-7-15(25-13(3)22-23-24-25)9-16(8-14)28-19(27)21-12(2)10-26/h4-9,12,26H,10H2,1-3H3,(H,21,27). The molecule has 0 saturated heterocycles. The zero-order chi connectivity index (χ0) is 20.3. The van der Waals surface area contributed by atoms with Gasteiger partial charge in [0.1, 0.15) is 11.6 Å². The Morgan fingerprint density at radius 2 is 2.07 bits per heavy atom. The van der Waals surface area contributed by atoms with Crippen LogP contribution in [0.15, 0.2) is 36.4 Å². The van der Waals surface area contributed by atoms with Crippen LogP contribution in [0.25, 0.3) is 16.8 Å². The Hall–Kier alpha value is -3.33. The number of rotatable bonds is 5. The van der Waals surface area contributed by atoms with Crippen LogP contribution in [0.2, 0.25) is 0 Å². The number of nitrogens with one attached hydrogen (secondary N) is 1. The van der Waals surface area contributed by atoms with Crippen molar-refractivity contribution in [1.29, 1.82) is 0 Å². The number of tetrazole rings is 1. The number of ether oxygens (including phenoxy) is 1. The number of aliphatic hydroxyl groups excluding tert-OH is 1. The smallest absolute Gasteiger partial charge is 0.410 e. The molecule has 8 nitrogen and oxygen atoms in total. The molecule has 3 rings (SSSR count). The van der Waals surface area contributed by atoms with Crippen LogP contribution in [-0.4, -0.2) is 44.1 Å². The average molecular weight is 385 g/mol. The Labute approximate surface area is 161 Å². The SMILES string of the molecule is Cc1ccc(-c2cc(OC(=O)NC(C)CO)cc(-n3nnnc3C)c2)c(F)c1. The lowest BCUT2D eigenvalue weighted by atomic mass is 10.0. The first-order valence-corrected chi connectivity index (χ1v) is 8.63. The lowest BCUT2D eigenvalue weighted by molar-refractivity contribution is 0.186. The minimum absolute atomic E-state index is 0.185. The van der Waals surface area contributed by atoms with Gasteiger partial charge in [-0.05, 0) is 60.5 Å². The number of aromatic nitrogens is 4. The van der Waals surface area contributed by atoms with Crippen molar-refractivity contribution in [3.8, 4) is 22.6 Å². The maximum atomic E-state index is 14.5. The second-order valence-corrected chi connectivity index (χ2v) is 6.45. The third-order valence-corrected chi connectivity index (χ3v) is 4.05. The number of nitrogens with zero attached hydrogens (tertiary/aromatic N) is 4. The lowest BCUT2D eigenvalue weighted by Crippen LogP contribution is -2.37. The number of carbonyl (C=O) groups excluding carboxylic acids is 1. The molecule has 1 atom stereocenters. The van der Waals surface area contributed by atoms with Gasteiger partial charge >= 0.3 is 6.09 Å². The van der Waals surface area contributed by atoms with E-state index in [-0.39, 0.29) is 12.4 Å². The molecular weight excluding hydrogens is 365 g/mol. The van der Waals surface area contributed by atoms with Gasteiger partial charge in [0, 0.05) is 11.6 Å². The molecule has 0 spiro atoms. The lowest BCUT2D eigenvalue weighted by Gasteiger charge is -2.14. The molecule has 2 N–H and O–H groups in total. The van der Waals surface area contributed by atoms with Crippen molar-refractivity contribution in [3.63, 3.8) is 0 Å². The third kappa shape index (κ3) is 4.32. The van der Waals surface area contributed by atoms with Crippen LogP contribution in [0.4, 0.5) is 9.18 Å². The highest BCUT2D eigenvalue weighted by molar-refractivity contribution is 5.74. The van der Waals surface area contributed by atoms with Crippen LogP contribution < -0.4 is 10.1 Å². The summed E-state index contributed by atoms with van der Waals surface area (Å²) in [7, 11) is 0. The number of carbonyl (C=O) groups is 1. The molecule has 1 aromatic heterocycles. The Balaban J connectivity index is 2.04. The maximum absolute atomic E-state index is 14.5. The summed E-state index contributed by atoms with van der Waals surface area (Å²) in [6.07, 6.45) is -0.734. The van der Waals surface area contributed by atoms with E-state index in [1.807, 2.05) is 0 Å². The van der Waals surface area contributed by atoms with Gasteiger partial charge in [0.25, 0.3) is 0 Å². The van der Waals surface area contributed by atoms with E-state index in [1.165, 1.54) is 10.7 Å². The summed E-state index contributed by atoms with van der Waals surface area (Å²) in [4.78, 5) is 12.0. The first kappa shape index (κ1) is 19.4. The average Bonchev–Trinajstić information content (AvgIpc) is 3.07. The van der Waals surface area contributed by atoms with Gasteiger partial charge in [0.15, 0.2) is 5.82 Å². The molecule has 2 aromatic carbocycles. The Morgan fingerprint density at radius 1 is 1.29 bits per heavy atom. The van der Waals surface area contributed by atoms with Gasteiger partial charge in [0.05, 0.1) is 18.3 Å². The summed E-state index contributed by atoms with van der Waals surface area (Å²) < 4.78 is 21.3. The molecule has 0 radical (unpaired) electrons. The van der Waals surface area contributed by atoms with Gasteiger partial charge in [0.2, 0.25) is 0 Å². The highest BCUT2D eigenvalue weighted by atomic mass is 19.1. The highest BCUT2D eigenvalue weighted by Gasteiger charge is 2.15. The summed E-state index contributed by atoms with van der Waals surface area (Å²) in [5.74, 6) is 0.311. The van der Waals surface area contributed by atoms with Gasteiger partial charge in [-0.3, -0.25) is 0 Å². The summed E-state index contributed by atoms with van der Waals surface area (Å²) in [5, 5.41) is 22.9. The molecular formula is C19H20FN5O3. The van der Waals surface area contributed by atoms with Crippen molar-refractivity contribution >= 4 is 6.09 Å². The Bertz CT molecular complexity index is 1000. The molecule has 9 heteroatoms.